The van der Waals surface area contributed by atoms with Crippen LogP contribution in [0.15, 0.2) is 24.4 Å². The lowest BCUT2D eigenvalue weighted by Crippen LogP contribution is -2.61. The van der Waals surface area contributed by atoms with Crippen molar-refractivity contribution < 1.29 is 13.2 Å². The smallest absolute Gasteiger partial charge is 0.216 e. The molecule has 7 heteroatoms. The third kappa shape index (κ3) is 2.91. The van der Waals surface area contributed by atoms with Crippen LogP contribution in [0.2, 0.25) is 0 Å². The van der Waals surface area contributed by atoms with Crippen molar-refractivity contribution in [2.75, 3.05) is 18.8 Å². The molecule has 1 aromatic heterocycles. The van der Waals surface area contributed by atoms with E-state index >= 15 is 0 Å². The molecule has 0 saturated carbocycles. The maximum absolute atomic E-state index is 12.1. The lowest BCUT2D eigenvalue weighted by atomic mass is 9.95. The molecule has 2 aliphatic heterocycles. The highest BCUT2D eigenvalue weighted by Crippen LogP contribution is 2.47. The molecule has 3 rings (SSSR count). The fraction of sp³-hybridized carbons (Fsp3) is 0.643. The van der Waals surface area contributed by atoms with Crippen molar-refractivity contribution in [2.24, 2.45) is 0 Å². The van der Waals surface area contributed by atoms with Crippen LogP contribution in [0.1, 0.15) is 20.3 Å². The summed E-state index contributed by atoms with van der Waals surface area (Å²) < 4.78 is 31.7. The van der Waals surface area contributed by atoms with Gasteiger partial charge in [0.25, 0.3) is 0 Å². The van der Waals surface area contributed by atoms with Gasteiger partial charge in [0.05, 0.1) is 5.25 Å². The Balaban J connectivity index is 1.57. The zero-order valence-corrected chi connectivity index (χ0v) is 13.9. The molecule has 0 radical (unpaired) electrons. The van der Waals surface area contributed by atoms with E-state index in [1.807, 2.05) is 30.0 Å². The molecule has 1 spiro atoms. The second kappa shape index (κ2) is 5.44. The van der Waals surface area contributed by atoms with Gasteiger partial charge in [-0.25, -0.2) is 13.4 Å². The van der Waals surface area contributed by atoms with Gasteiger partial charge in [0.15, 0.2) is 0 Å². The molecule has 2 saturated heterocycles. The van der Waals surface area contributed by atoms with Crippen LogP contribution >= 0.6 is 11.8 Å². The molecule has 2 fully saturated rings. The van der Waals surface area contributed by atoms with Crippen LogP contribution in [0.3, 0.4) is 0 Å². The molecule has 0 N–H and O–H groups in total. The summed E-state index contributed by atoms with van der Waals surface area (Å²) in [6, 6.07) is 5.62. The topological polar surface area (TPSA) is 59.5 Å². The van der Waals surface area contributed by atoms with Gasteiger partial charge in [-0.15, -0.1) is 11.8 Å². The highest BCUT2D eigenvalue weighted by Gasteiger charge is 2.53. The van der Waals surface area contributed by atoms with Crippen molar-refractivity contribution >= 4 is 21.8 Å². The van der Waals surface area contributed by atoms with Crippen LogP contribution in [0.5, 0.6) is 5.88 Å². The average molecular weight is 328 g/mol. The molecule has 3 heterocycles. The minimum absolute atomic E-state index is 0.0431. The van der Waals surface area contributed by atoms with Gasteiger partial charge in [0.2, 0.25) is 15.9 Å². The number of pyridine rings is 1. The predicted octanol–water partition coefficient (Wildman–Crippen LogP) is 1.76. The number of rotatable bonds is 4. The van der Waals surface area contributed by atoms with Gasteiger partial charge in [-0.05, 0) is 19.9 Å². The maximum atomic E-state index is 12.1. The Hall–Kier alpha value is -0.790. The van der Waals surface area contributed by atoms with Crippen LogP contribution in [0.25, 0.3) is 0 Å². The van der Waals surface area contributed by atoms with E-state index < -0.39 is 10.0 Å². The summed E-state index contributed by atoms with van der Waals surface area (Å²) in [5, 5.41) is -0.346. The molecule has 21 heavy (non-hydrogen) atoms. The van der Waals surface area contributed by atoms with E-state index in [0.29, 0.717) is 19.0 Å². The zero-order chi connectivity index (χ0) is 15.1. The monoisotopic (exact) mass is 328 g/mol. The predicted molar refractivity (Wildman–Crippen MR) is 84.1 cm³/mol. The summed E-state index contributed by atoms with van der Waals surface area (Å²) in [7, 11) is -3.11. The number of hydrogen-bond acceptors (Lipinski definition) is 5. The first-order valence-corrected chi connectivity index (χ1v) is 9.61. The second-order valence-corrected chi connectivity index (χ2v) is 9.94. The fourth-order valence-corrected chi connectivity index (χ4v) is 5.90. The van der Waals surface area contributed by atoms with Crippen molar-refractivity contribution in [3.8, 4) is 5.88 Å². The number of sulfonamides is 1. The van der Waals surface area contributed by atoms with Crippen LogP contribution < -0.4 is 4.74 Å². The van der Waals surface area contributed by atoms with Crippen molar-refractivity contribution in [3.63, 3.8) is 0 Å². The number of nitrogens with zero attached hydrogens (tertiary/aromatic N) is 2. The van der Waals surface area contributed by atoms with Gasteiger partial charge in [0.1, 0.15) is 6.10 Å². The van der Waals surface area contributed by atoms with Crippen LogP contribution in [0, 0.1) is 0 Å². The maximum Gasteiger partial charge on any atom is 0.216 e. The van der Waals surface area contributed by atoms with Gasteiger partial charge >= 0.3 is 0 Å². The Morgan fingerprint density at radius 2 is 2.19 bits per heavy atom. The molecule has 1 aromatic rings. The molecule has 0 aromatic carbocycles. The summed E-state index contributed by atoms with van der Waals surface area (Å²) in [6.45, 7) is 4.69. The Bertz CT molecular complexity index is 598. The van der Waals surface area contributed by atoms with Crippen LogP contribution in [0.4, 0.5) is 0 Å². The second-order valence-electron chi connectivity index (χ2n) is 5.97. The first-order valence-electron chi connectivity index (χ1n) is 7.12. The van der Waals surface area contributed by atoms with Crippen LogP contribution in [-0.4, -0.2) is 52.7 Å². The van der Waals surface area contributed by atoms with E-state index in [1.165, 1.54) is 0 Å². The number of aromatic nitrogens is 1. The van der Waals surface area contributed by atoms with E-state index in [1.54, 1.807) is 24.3 Å². The highest BCUT2D eigenvalue weighted by atomic mass is 32.2. The van der Waals surface area contributed by atoms with E-state index in [4.69, 9.17) is 4.74 Å². The molecule has 1 atom stereocenters. The van der Waals surface area contributed by atoms with Crippen molar-refractivity contribution in [2.45, 2.75) is 36.4 Å². The minimum atomic E-state index is -3.11. The lowest BCUT2D eigenvalue weighted by Gasteiger charge is -2.46. The first kappa shape index (κ1) is 15.1. The van der Waals surface area contributed by atoms with Gasteiger partial charge < -0.3 is 4.74 Å². The standard InChI is InChI=1S/C14H20N2O3S2/c1-11(2)21(17,18)16-9-14(10-16)7-12(8-20-14)19-13-5-3-4-6-15-13/h3-6,11-12H,7-10H2,1-2H3. The summed E-state index contributed by atoms with van der Waals surface area (Å²) >= 11 is 1.83. The minimum Gasteiger partial charge on any atom is -0.473 e. The lowest BCUT2D eigenvalue weighted by molar-refractivity contribution is 0.155. The molecule has 0 aliphatic carbocycles. The molecule has 0 amide bonds. The van der Waals surface area contributed by atoms with Crippen molar-refractivity contribution in [3.05, 3.63) is 24.4 Å². The first-order chi connectivity index (χ1) is 9.91. The summed E-state index contributed by atoms with van der Waals surface area (Å²) in [6.07, 6.45) is 2.72. The van der Waals surface area contributed by atoms with Gasteiger partial charge in [-0.3, -0.25) is 0 Å². The van der Waals surface area contributed by atoms with E-state index in [2.05, 4.69) is 4.98 Å². The number of ether oxygens (including phenoxy) is 1. The Morgan fingerprint density at radius 3 is 2.81 bits per heavy atom. The van der Waals surface area contributed by atoms with E-state index in [9.17, 15) is 8.42 Å². The summed E-state index contributed by atoms with van der Waals surface area (Å²) in [5.41, 5.74) is 0. The fourth-order valence-electron chi connectivity index (χ4n) is 2.76. The molecule has 2 aliphatic rings. The van der Waals surface area contributed by atoms with Gasteiger partial charge in [0, 0.05) is 42.3 Å². The Morgan fingerprint density at radius 1 is 1.43 bits per heavy atom. The van der Waals surface area contributed by atoms with Crippen molar-refractivity contribution in [1.29, 1.82) is 0 Å². The molecule has 5 nitrogen and oxygen atoms in total. The van der Waals surface area contributed by atoms with Gasteiger partial charge in [-0.2, -0.15) is 4.31 Å². The Kier molecular flexibility index (Phi) is 3.92. The third-order valence-corrected chi connectivity index (χ3v) is 7.73. The van der Waals surface area contributed by atoms with E-state index in [0.717, 1.165) is 12.2 Å². The molecule has 0 bridgehead atoms. The molecule has 116 valence electrons. The molecular formula is C14H20N2O3S2. The Labute approximate surface area is 130 Å². The van der Waals surface area contributed by atoms with Crippen molar-refractivity contribution in [1.82, 2.24) is 9.29 Å². The molecular weight excluding hydrogens is 308 g/mol. The largest absolute Gasteiger partial charge is 0.473 e. The summed E-state index contributed by atoms with van der Waals surface area (Å²) in [4.78, 5) is 4.17. The molecule has 1 unspecified atom stereocenters. The average Bonchev–Trinajstić information content (AvgIpc) is 2.82. The number of hydrogen-bond donors (Lipinski definition) is 0. The van der Waals surface area contributed by atoms with Gasteiger partial charge in [-0.1, -0.05) is 6.07 Å². The van der Waals surface area contributed by atoms with Crippen LogP contribution in [-0.2, 0) is 10.0 Å². The SMILES string of the molecule is CC(C)S(=O)(=O)N1CC2(CC(Oc3ccccn3)CS2)C1. The third-order valence-electron chi connectivity index (χ3n) is 3.98. The van der Waals surface area contributed by atoms with E-state index in [-0.39, 0.29) is 16.1 Å². The number of thioether (sulfide) groups is 1. The normalized spacial score (nSPS) is 25.2. The summed E-state index contributed by atoms with van der Waals surface area (Å²) in [5.74, 6) is 1.54. The highest BCUT2D eigenvalue weighted by molar-refractivity contribution is 8.01. The quantitative estimate of drug-likeness (QED) is 0.843. The zero-order valence-electron chi connectivity index (χ0n) is 12.2.